The molecule has 4 N–H and O–H groups in total. The predicted molar refractivity (Wildman–Crippen MR) is 136 cm³/mol. The maximum atomic E-state index is 13.6. The van der Waals surface area contributed by atoms with Crippen LogP contribution in [0.1, 0.15) is 58.8 Å². The third-order valence-electron chi connectivity index (χ3n) is 10.1. The van der Waals surface area contributed by atoms with Gasteiger partial charge >= 0.3 is 0 Å². The van der Waals surface area contributed by atoms with E-state index in [2.05, 4.69) is 24.5 Å². The number of carbonyl (C=O) groups excluding carboxylic acids is 4. The summed E-state index contributed by atoms with van der Waals surface area (Å²) in [5.41, 5.74) is -1.25. The van der Waals surface area contributed by atoms with Crippen molar-refractivity contribution in [2.75, 3.05) is 6.54 Å². The largest absolute Gasteiger partial charge is 0.507 e. The number of fused-ring (bicyclic) bond motifs is 7. The minimum Gasteiger partial charge on any atom is -0.507 e. The number of allylic oxidation sites excluding steroid dienone is 3. The third-order valence-corrected chi connectivity index (χ3v) is 10.1. The average Bonchev–Trinajstić information content (AvgIpc) is 3.41. The monoisotopic (exact) mass is 510 g/mol. The molecule has 200 valence electrons. The van der Waals surface area contributed by atoms with Gasteiger partial charge in [-0.3, -0.25) is 19.2 Å². The molecule has 0 aromatic carbocycles. The molecular weight excluding hydrogens is 472 g/mol. The summed E-state index contributed by atoms with van der Waals surface area (Å²) in [4.78, 5) is 51.2. The molecule has 0 spiro atoms. The minimum atomic E-state index is -0.999. The summed E-state index contributed by atoms with van der Waals surface area (Å²) in [7, 11) is 0. The Morgan fingerprint density at radius 1 is 1.11 bits per heavy atom. The number of carbonyl (C=O) groups is 4. The molecule has 2 bridgehead atoms. The molecule has 5 rings (SSSR count). The van der Waals surface area contributed by atoms with E-state index in [1.54, 1.807) is 6.08 Å². The highest BCUT2D eigenvalue weighted by molar-refractivity contribution is 6.27. The molecule has 8 heteroatoms. The van der Waals surface area contributed by atoms with Crippen LogP contribution in [0.4, 0.5) is 0 Å². The molecule has 0 aromatic heterocycles. The second kappa shape index (κ2) is 9.86. The maximum absolute atomic E-state index is 13.6. The van der Waals surface area contributed by atoms with Crippen molar-refractivity contribution in [3.63, 3.8) is 0 Å². The first-order valence-corrected chi connectivity index (χ1v) is 13.8. The van der Waals surface area contributed by atoms with Crippen molar-refractivity contribution >= 4 is 23.4 Å². The smallest absolute Gasteiger partial charge is 0.259 e. The van der Waals surface area contributed by atoms with Crippen LogP contribution in [0.5, 0.6) is 0 Å². The zero-order valence-electron chi connectivity index (χ0n) is 21.6. The van der Waals surface area contributed by atoms with E-state index in [1.807, 2.05) is 6.08 Å². The third kappa shape index (κ3) is 4.27. The van der Waals surface area contributed by atoms with E-state index >= 15 is 0 Å². The number of ketones is 2. The summed E-state index contributed by atoms with van der Waals surface area (Å²) in [6.45, 7) is 4.59. The van der Waals surface area contributed by atoms with Gasteiger partial charge in [0.1, 0.15) is 17.1 Å². The van der Waals surface area contributed by atoms with Gasteiger partial charge in [-0.25, -0.2) is 0 Å². The van der Waals surface area contributed by atoms with Crippen molar-refractivity contribution in [2.45, 2.75) is 70.4 Å². The molecule has 2 amide bonds. The zero-order chi connectivity index (χ0) is 26.5. The molecule has 0 radical (unpaired) electrons. The average molecular weight is 511 g/mol. The Labute approximate surface area is 217 Å². The summed E-state index contributed by atoms with van der Waals surface area (Å²) in [6, 6.07) is -0.726. The molecule has 2 heterocycles. The number of amides is 2. The second-order valence-corrected chi connectivity index (χ2v) is 11.7. The van der Waals surface area contributed by atoms with E-state index in [0.29, 0.717) is 31.7 Å². The van der Waals surface area contributed by atoms with Gasteiger partial charge in [-0.2, -0.15) is 0 Å². The Kier molecular flexibility index (Phi) is 6.90. The molecular formula is C29H38N2O6. The molecule has 3 saturated carbocycles. The normalized spacial score (nSPS) is 42.4. The number of aliphatic hydroxyl groups excluding tert-OH is 1. The molecule has 9 atom stereocenters. The first-order chi connectivity index (χ1) is 17.7. The summed E-state index contributed by atoms with van der Waals surface area (Å²) in [6.07, 6.45) is 10.8. The molecule has 5 aliphatic rings. The number of hydrogen-bond donors (Lipinski definition) is 4. The number of rotatable bonds is 1. The summed E-state index contributed by atoms with van der Waals surface area (Å²) >= 11 is 0. The van der Waals surface area contributed by atoms with Crippen LogP contribution in [0.3, 0.4) is 0 Å². The van der Waals surface area contributed by atoms with Crippen molar-refractivity contribution < 1.29 is 29.4 Å². The zero-order valence-corrected chi connectivity index (χ0v) is 21.6. The van der Waals surface area contributed by atoms with Crippen LogP contribution < -0.4 is 10.6 Å². The van der Waals surface area contributed by atoms with E-state index in [4.69, 9.17) is 0 Å². The molecule has 0 aromatic rings. The first-order valence-electron chi connectivity index (χ1n) is 13.8. The van der Waals surface area contributed by atoms with E-state index in [9.17, 15) is 29.4 Å². The highest BCUT2D eigenvalue weighted by Crippen LogP contribution is 2.63. The van der Waals surface area contributed by atoms with Gasteiger partial charge in [0.05, 0.1) is 17.6 Å². The quantitative estimate of drug-likeness (QED) is 0.401. The maximum Gasteiger partial charge on any atom is 0.259 e. The van der Waals surface area contributed by atoms with Gasteiger partial charge in [0, 0.05) is 13.0 Å². The molecule has 3 aliphatic carbocycles. The lowest BCUT2D eigenvalue weighted by molar-refractivity contribution is -0.145. The standard InChI is InChI=1S/C29H38N2O6/c1-3-16-12-18-14-20-19-6-4-8-24(34)30-11-5-7-21-27(35)25(28(36)31-21)22(32)10-9-17(19)13-23(33)26(20)29(18,37)15(16)2/h4,8-10,15-21,26,32,37H,3,5-7,11-14H2,1-2H3,(H,30,34)(H,31,36)/t15-,16?,17+,18+,19-,20+,21+,26-,29-/m1/s1. The van der Waals surface area contributed by atoms with E-state index in [-0.39, 0.29) is 59.0 Å². The van der Waals surface area contributed by atoms with Crippen molar-refractivity contribution in [3.05, 3.63) is 35.6 Å². The van der Waals surface area contributed by atoms with Crippen molar-refractivity contribution in [1.29, 1.82) is 0 Å². The van der Waals surface area contributed by atoms with Gasteiger partial charge in [-0.15, -0.1) is 0 Å². The summed E-state index contributed by atoms with van der Waals surface area (Å²) < 4.78 is 0. The second-order valence-electron chi connectivity index (χ2n) is 11.7. The molecule has 4 fully saturated rings. The molecule has 2 aliphatic heterocycles. The fourth-order valence-corrected chi connectivity index (χ4v) is 8.20. The number of aliphatic hydroxyl groups is 2. The van der Waals surface area contributed by atoms with E-state index < -0.39 is 29.3 Å². The lowest BCUT2D eigenvalue weighted by Gasteiger charge is -2.44. The first kappa shape index (κ1) is 25.9. The number of nitrogens with one attached hydrogen (secondary N) is 2. The van der Waals surface area contributed by atoms with Crippen molar-refractivity contribution in [2.24, 2.45) is 41.4 Å². The van der Waals surface area contributed by atoms with Crippen LogP contribution in [0.25, 0.3) is 0 Å². The molecule has 8 nitrogen and oxygen atoms in total. The van der Waals surface area contributed by atoms with E-state index in [0.717, 1.165) is 19.3 Å². The van der Waals surface area contributed by atoms with Crippen LogP contribution >= 0.6 is 0 Å². The van der Waals surface area contributed by atoms with Crippen LogP contribution in [0, 0.1) is 41.4 Å². The van der Waals surface area contributed by atoms with Crippen LogP contribution in [0.15, 0.2) is 35.6 Å². The van der Waals surface area contributed by atoms with Gasteiger partial charge in [0.25, 0.3) is 5.91 Å². The number of hydrogen-bond acceptors (Lipinski definition) is 6. The Hall–Kier alpha value is -2.74. The fourth-order valence-electron chi connectivity index (χ4n) is 8.20. The Morgan fingerprint density at radius 3 is 2.65 bits per heavy atom. The lowest BCUT2D eigenvalue weighted by Crippen LogP contribution is -2.51. The lowest BCUT2D eigenvalue weighted by atomic mass is 9.61. The fraction of sp³-hybridized carbons (Fsp3) is 0.655. The van der Waals surface area contributed by atoms with Crippen LogP contribution in [0.2, 0.25) is 0 Å². The minimum absolute atomic E-state index is 0.0172. The predicted octanol–water partition coefficient (Wildman–Crippen LogP) is 2.53. The van der Waals surface area contributed by atoms with Gasteiger partial charge in [0.2, 0.25) is 5.91 Å². The Bertz CT molecular complexity index is 1090. The number of Topliss-reactive ketones (excluding diaryl/α,β-unsaturated/α-hetero) is 2. The SMILES string of the molecule is CCC1C[C@H]2C[C@H]3[C@@H]4CC=CC(=O)NCCC[C@@H]5NC(=O)C(=C(O)C=C[C@H]4CC(=O)[C@@H]3[C@@]2(O)[C@@H]1C)C5=O. The molecule has 1 unspecified atom stereocenters. The van der Waals surface area contributed by atoms with Crippen LogP contribution in [-0.2, 0) is 19.2 Å². The van der Waals surface area contributed by atoms with Crippen molar-refractivity contribution in [3.8, 4) is 0 Å². The van der Waals surface area contributed by atoms with Gasteiger partial charge in [0.15, 0.2) is 5.78 Å². The van der Waals surface area contributed by atoms with Gasteiger partial charge in [-0.05, 0) is 79.8 Å². The topological polar surface area (TPSA) is 133 Å². The summed E-state index contributed by atoms with van der Waals surface area (Å²) in [5, 5.41) is 28.1. The van der Waals surface area contributed by atoms with Gasteiger partial charge in [-0.1, -0.05) is 32.4 Å². The highest BCUT2D eigenvalue weighted by Gasteiger charge is 2.66. The van der Waals surface area contributed by atoms with Crippen LogP contribution in [-0.4, -0.2) is 51.8 Å². The highest BCUT2D eigenvalue weighted by atomic mass is 16.3. The van der Waals surface area contributed by atoms with E-state index in [1.165, 1.54) is 12.2 Å². The molecule has 37 heavy (non-hydrogen) atoms. The van der Waals surface area contributed by atoms with Gasteiger partial charge < -0.3 is 20.8 Å². The summed E-state index contributed by atoms with van der Waals surface area (Å²) in [5.74, 6) is -1.80. The Morgan fingerprint density at radius 2 is 1.89 bits per heavy atom. The molecule has 1 saturated heterocycles. The van der Waals surface area contributed by atoms with Crippen molar-refractivity contribution in [1.82, 2.24) is 10.6 Å². The Balaban J connectivity index is 1.49.